The lowest BCUT2D eigenvalue weighted by Crippen LogP contribution is -2.50. The first-order valence-corrected chi connectivity index (χ1v) is 12.2. The average Bonchev–Trinajstić information content (AvgIpc) is 2.85. The number of nitrogens with zero attached hydrogens (tertiary/aromatic N) is 3. The number of non-ortho nitro benzene ring substituents is 1. The fraction of sp³-hybridized carbons (Fsp3) is 0.480. The van der Waals surface area contributed by atoms with Crippen LogP contribution in [0.3, 0.4) is 0 Å². The van der Waals surface area contributed by atoms with Crippen molar-refractivity contribution in [1.82, 2.24) is 4.90 Å². The molecule has 34 heavy (non-hydrogen) atoms. The van der Waals surface area contributed by atoms with Gasteiger partial charge in [0.2, 0.25) is 5.91 Å². The minimum absolute atomic E-state index is 0.0532. The zero-order valence-corrected chi connectivity index (χ0v) is 20.2. The number of aryl methyl sites for hydroxylation is 1. The summed E-state index contributed by atoms with van der Waals surface area (Å²) in [5.41, 5.74) is 3.04. The highest BCUT2D eigenvalue weighted by Crippen LogP contribution is 2.27. The number of carbonyl (C=O) groups excluding carboxylic acids is 1. The van der Waals surface area contributed by atoms with Gasteiger partial charge in [0.15, 0.2) is 0 Å². The topological polar surface area (TPSA) is 87.9 Å². The molecule has 1 aliphatic heterocycles. The highest BCUT2D eigenvalue weighted by Gasteiger charge is 2.25. The molecule has 1 amide bonds. The molecule has 4 rings (SSSR count). The number of carbonyl (C=O) groups is 1. The van der Waals surface area contributed by atoms with E-state index in [0.29, 0.717) is 19.1 Å². The molecule has 1 saturated carbocycles. The molecular weight excluding hydrogens is 456 g/mol. The lowest BCUT2D eigenvalue weighted by Gasteiger charge is -2.36. The smallest absolute Gasteiger partial charge is 0.269 e. The van der Waals surface area contributed by atoms with Crippen molar-refractivity contribution in [3.63, 3.8) is 0 Å². The summed E-state index contributed by atoms with van der Waals surface area (Å²) in [7, 11) is 0. The standard InChI is InChI=1S/C25H31ClN4O4/c1-18-16-22(30(32)33)8-11-24(18)27-20-4-9-23(10-5-20)34-17-25(31)29-14-12-28(13-15-29)21-6-2-19(26)3-7-21/h2-3,6-8,11,16,20,23,27H,4-5,9-10,12-15,17H2,1H3/t20-,23-. The zero-order chi connectivity index (χ0) is 24.1. The second kappa shape index (κ2) is 11.1. The third-order valence-corrected chi connectivity index (χ3v) is 6.97. The zero-order valence-electron chi connectivity index (χ0n) is 19.4. The number of nitro benzene ring substituents is 1. The number of halogens is 1. The first kappa shape index (κ1) is 24.3. The maximum atomic E-state index is 12.7. The Morgan fingerprint density at radius 2 is 1.76 bits per heavy atom. The lowest BCUT2D eigenvalue weighted by molar-refractivity contribution is -0.384. The van der Waals surface area contributed by atoms with Gasteiger partial charge >= 0.3 is 0 Å². The van der Waals surface area contributed by atoms with Crippen LogP contribution in [0.25, 0.3) is 0 Å². The number of rotatable bonds is 7. The molecule has 1 N–H and O–H groups in total. The van der Waals surface area contributed by atoms with Crippen molar-refractivity contribution in [2.24, 2.45) is 0 Å². The molecule has 0 unspecified atom stereocenters. The van der Waals surface area contributed by atoms with E-state index >= 15 is 0 Å². The summed E-state index contributed by atoms with van der Waals surface area (Å²) < 4.78 is 5.96. The predicted octanol–water partition coefficient (Wildman–Crippen LogP) is 4.65. The summed E-state index contributed by atoms with van der Waals surface area (Å²) in [5, 5.41) is 15.2. The average molecular weight is 487 g/mol. The number of nitrogens with one attached hydrogen (secondary N) is 1. The van der Waals surface area contributed by atoms with Crippen LogP contribution in [0.1, 0.15) is 31.2 Å². The Hall–Kier alpha value is -2.84. The Bertz CT molecular complexity index is 1000. The van der Waals surface area contributed by atoms with E-state index in [1.54, 1.807) is 12.1 Å². The molecule has 2 aliphatic rings. The summed E-state index contributed by atoms with van der Waals surface area (Å²) in [6.45, 7) is 4.99. The van der Waals surface area contributed by atoms with Crippen LogP contribution in [0.2, 0.25) is 5.02 Å². The van der Waals surface area contributed by atoms with Crippen LogP contribution in [0.4, 0.5) is 17.1 Å². The van der Waals surface area contributed by atoms with Gasteiger partial charge in [0.05, 0.1) is 11.0 Å². The summed E-state index contributed by atoms with van der Waals surface area (Å²) in [6, 6.07) is 13.0. The van der Waals surface area contributed by atoms with Gasteiger partial charge in [0.1, 0.15) is 6.61 Å². The van der Waals surface area contributed by atoms with Gasteiger partial charge < -0.3 is 19.9 Å². The SMILES string of the molecule is Cc1cc([N+](=O)[O-])ccc1N[C@H]1CC[C@H](OCC(=O)N2CCN(c3ccc(Cl)cc3)CC2)CC1. The van der Waals surface area contributed by atoms with Gasteiger partial charge in [0, 0.05) is 60.8 Å². The van der Waals surface area contributed by atoms with Crippen LogP contribution in [0, 0.1) is 17.0 Å². The monoisotopic (exact) mass is 486 g/mol. The van der Waals surface area contributed by atoms with Gasteiger partial charge in [0.25, 0.3) is 5.69 Å². The Morgan fingerprint density at radius 3 is 2.38 bits per heavy atom. The minimum atomic E-state index is -0.375. The van der Waals surface area contributed by atoms with Crippen molar-refractivity contribution in [3.8, 4) is 0 Å². The Balaban J connectivity index is 1.16. The second-order valence-electron chi connectivity index (χ2n) is 9.03. The predicted molar refractivity (Wildman–Crippen MR) is 134 cm³/mol. The minimum Gasteiger partial charge on any atom is -0.382 e. The Kier molecular flexibility index (Phi) is 7.90. The third kappa shape index (κ3) is 6.18. The maximum Gasteiger partial charge on any atom is 0.269 e. The van der Waals surface area contributed by atoms with Crippen molar-refractivity contribution >= 4 is 34.6 Å². The highest BCUT2D eigenvalue weighted by molar-refractivity contribution is 6.30. The third-order valence-electron chi connectivity index (χ3n) is 6.72. The molecular formula is C25H31ClN4O4. The van der Waals surface area contributed by atoms with Crippen LogP contribution in [0.5, 0.6) is 0 Å². The number of ether oxygens (including phenoxy) is 1. The van der Waals surface area contributed by atoms with Crippen LogP contribution < -0.4 is 10.2 Å². The first-order valence-electron chi connectivity index (χ1n) is 11.8. The van der Waals surface area contributed by atoms with Gasteiger partial charge in [-0.3, -0.25) is 14.9 Å². The molecule has 1 aliphatic carbocycles. The van der Waals surface area contributed by atoms with E-state index < -0.39 is 0 Å². The molecule has 182 valence electrons. The molecule has 2 aromatic carbocycles. The van der Waals surface area contributed by atoms with Gasteiger partial charge in [-0.25, -0.2) is 0 Å². The number of nitro groups is 1. The summed E-state index contributed by atoms with van der Waals surface area (Å²) in [4.78, 5) is 27.4. The Labute approximate surface area is 205 Å². The van der Waals surface area contributed by atoms with E-state index in [0.717, 1.165) is 60.7 Å². The molecule has 9 heteroatoms. The molecule has 0 radical (unpaired) electrons. The van der Waals surface area contributed by atoms with E-state index in [4.69, 9.17) is 16.3 Å². The molecule has 1 heterocycles. The second-order valence-corrected chi connectivity index (χ2v) is 9.47. The van der Waals surface area contributed by atoms with E-state index in [1.807, 2.05) is 36.1 Å². The first-order chi connectivity index (χ1) is 16.4. The van der Waals surface area contributed by atoms with E-state index in [9.17, 15) is 14.9 Å². The van der Waals surface area contributed by atoms with Crippen molar-refractivity contribution in [2.75, 3.05) is 43.0 Å². The van der Waals surface area contributed by atoms with Gasteiger partial charge in [-0.05, 0) is 68.5 Å². The number of piperazine rings is 1. The van der Waals surface area contributed by atoms with E-state index in [-0.39, 0.29) is 29.2 Å². The molecule has 8 nitrogen and oxygen atoms in total. The number of amides is 1. The molecule has 0 spiro atoms. The number of anilines is 2. The molecule has 0 atom stereocenters. The molecule has 2 fully saturated rings. The number of hydrogen-bond acceptors (Lipinski definition) is 6. The number of benzene rings is 2. The van der Waals surface area contributed by atoms with Crippen molar-refractivity contribution in [1.29, 1.82) is 0 Å². The molecule has 1 saturated heterocycles. The van der Waals surface area contributed by atoms with E-state index in [1.165, 1.54) is 6.07 Å². The van der Waals surface area contributed by atoms with Gasteiger partial charge in [-0.1, -0.05) is 11.6 Å². The molecule has 2 aromatic rings. The quantitative estimate of drug-likeness (QED) is 0.453. The summed E-state index contributed by atoms with van der Waals surface area (Å²) in [5.74, 6) is 0.0532. The largest absolute Gasteiger partial charge is 0.382 e. The summed E-state index contributed by atoms with van der Waals surface area (Å²) in [6.07, 6.45) is 3.75. The van der Waals surface area contributed by atoms with Gasteiger partial charge in [-0.15, -0.1) is 0 Å². The van der Waals surface area contributed by atoms with Crippen LogP contribution in [-0.2, 0) is 9.53 Å². The van der Waals surface area contributed by atoms with Crippen molar-refractivity contribution in [3.05, 3.63) is 63.2 Å². The highest BCUT2D eigenvalue weighted by atomic mass is 35.5. The lowest BCUT2D eigenvalue weighted by atomic mass is 9.92. The van der Waals surface area contributed by atoms with Gasteiger partial charge in [-0.2, -0.15) is 0 Å². The maximum absolute atomic E-state index is 12.7. The summed E-state index contributed by atoms with van der Waals surface area (Å²) >= 11 is 5.97. The van der Waals surface area contributed by atoms with E-state index in [2.05, 4.69) is 10.2 Å². The normalized spacial score (nSPS) is 20.8. The molecule has 0 aromatic heterocycles. The van der Waals surface area contributed by atoms with Crippen molar-refractivity contribution in [2.45, 2.75) is 44.8 Å². The van der Waals surface area contributed by atoms with Crippen LogP contribution in [-0.4, -0.2) is 60.7 Å². The Morgan fingerprint density at radius 1 is 1.09 bits per heavy atom. The van der Waals surface area contributed by atoms with Crippen LogP contribution >= 0.6 is 11.6 Å². The fourth-order valence-electron chi connectivity index (χ4n) is 4.66. The fourth-order valence-corrected chi connectivity index (χ4v) is 4.79. The van der Waals surface area contributed by atoms with Crippen LogP contribution in [0.15, 0.2) is 42.5 Å². The molecule has 0 bridgehead atoms. The van der Waals surface area contributed by atoms with Crippen molar-refractivity contribution < 1.29 is 14.5 Å². The number of hydrogen-bond donors (Lipinski definition) is 1.